The molecule has 1 aromatic carbocycles. The molecule has 0 bridgehead atoms. The van der Waals surface area contributed by atoms with E-state index in [-0.39, 0.29) is 0 Å². The quantitative estimate of drug-likeness (QED) is 0.778. The summed E-state index contributed by atoms with van der Waals surface area (Å²) in [6, 6.07) is 6.73. The van der Waals surface area contributed by atoms with Crippen molar-refractivity contribution in [1.29, 1.82) is 0 Å². The van der Waals surface area contributed by atoms with Gasteiger partial charge in [-0.3, -0.25) is 0 Å². The summed E-state index contributed by atoms with van der Waals surface area (Å²) in [7, 11) is 0. The molecular formula is C13H18BrN. The molecule has 0 spiro atoms. The molecular weight excluding hydrogens is 250 g/mol. The number of rotatable bonds is 2. The summed E-state index contributed by atoms with van der Waals surface area (Å²) in [5, 5.41) is 0. The fraction of sp³-hybridized carbons (Fsp3) is 0.538. The summed E-state index contributed by atoms with van der Waals surface area (Å²) < 4.78 is 1.23. The number of hydrogen-bond acceptors (Lipinski definition) is 1. The second-order valence-electron chi connectivity index (χ2n) is 4.56. The smallest absolute Gasteiger partial charge is 0.0513 e. The minimum Gasteiger partial charge on any atom is -0.371 e. The van der Waals surface area contributed by atoms with Crippen LogP contribution in [0.25, 0.3) is 0 Å². The Labute approximate surface area is 101 Å². The normalized spacial score (nSPS) is 16.4. The third kappa shape index (κ3) is 2.36. The van der Waals surface area contributed by atoms with Crippen LogP contribution < -0.4 is 4.90 Å². The van der Waals surface area contributed by atoms with Crippen LogP contribution in [-0.4, -0.2) is 13.1 Å². The van der Waals surface area contributed by atoms with Gasteiger partial charge < -0.3 is 4.90 Å². The predicted molar refractivity (Wildman–Crippen MR) is 69.7 cm³/mol. The molecule has 0 N–H and O–H groups in total. The number of anilines is 1. The topological polar surface area (TPSA) is 3.24 Å². The summed E-state index contributed by atoms with van der Waals surface area (Å²) in [5.41, 5.74) is 2.80. The van der Waals surface area contributed by atoms with Gasteiger partial charge in [0, 0.05) is 17.6 Å². The van der Waals surface area contributed by atoms with Crippen LogP contribution in [0.15, 0.2) is 22.7 Å². The molecule has 1 aromatic rings. The standard InChI is InChI=1S/C13H18BrN/c1-10(2)11-5-6-12(14)13(9-11)15-7-3-4-8-15/h5-6,9-10H,3-4,7-8H2,1-2H3. The Kier molecular flexibility index (Phi) is 3.35. The van der Waals surface area contributed by atoms with Gasteiger partial charge in [0.25, 0.3) is 0 Å². The molecule has 0 saturated carbocycles. The van der Waals surface area contributed by atoms with Crippen LogP contribution in [0.4, 0.5) is 5.69 Å². The molecule has 1 saturated heterocycles. The minimum atomic E-state index is 0.611. The number of benzene rings is 1. The van der Waals surface area contributed by atoms with Gasteiger partial charge in [0.05, 0.1) is 5.69 Å². The first kappa shape index (κ1) is 11.0. The van der Waals surface area contributed by atoms with Crippen molar-refractivity contribution in [2.24, 2.45) is 0 Å². The van der Waals surface area contributed by atoms with Crippen LogP contribution in [0.5, 0.6) is 0 Å². The first-order chi connectivity index (χ1) is 7.18. The van der Waals surface area contributed by atoms with Gasteiger partial charge in [-0.1, -0.05) is 19.9 Å². The summed E-state index contributed by atoms with van der Waals surface area (Å²) in [6.45, 7) is 6.91. The zero-order chi connectivity index (χ0) is 10.8. The lowest BCUT2D eigenvalue weighted by atomic mass is 10.0. The van der Waals surface area contributed by atoms with Crippen molar-refractivity contribution in [3.63, 3.8) is 0 Å². The van der Waals surface area contributed by atoms with Crippen molar-refractivity contribution in [3.8, 4) is 0 Å². The van der Waals surface area contributed by atoms with Gasteiger partial charge in [0.2, 0.25) is 0 Å². The van der Waals surface area contributed by atoms with E-state index in [0.29, 0.717) is 5.92 Å². The van der Waals surface area contributed by atoms with Crippen molar-refractivity contribution >= 4 is 21.6 Å². The van der Waals surface area contributed by atoms with Gasteiger partial charge in [0.15, 0.2) is 0 Å². The second kappa shape index (κ2) is 4.56. The maximum atomic E-state index is 3.65. The zero-order valence-corrected chi connectivity index (χ0v) is 11.0. The molecule has 1 aliphatic heterocycles. The third-order valence-corrected chi connectivity index (χ3v) is 3.75. The van der Waals surface area contributed by atoms with Gasteiger partial charge in [-0.2, -0.15) is 0 Å². The maximum Gasteiger partial charge on any atom is 0.0513 e. The average Bonchev–Trinajstić information content (AvgIpc) is 2.71. The minimum absolute atomic E-state index is 0.611. The van der Waals surface area contributed by atoms with E-state index in [1.54, 1.807) is 0 Å². The number of halogens is 1. The van der Waals surface area contributed by atoms with E-state index < -0.39 is 0 Å². The molecule has 1 heterocycles. The Balaban J connectivity index is 2.31. The SMILES string of the molecule is CC(C)c1ccc(Br)c(N2CCCC2)c1. The molecule has 1 fully saturated rings. The molecule has 82 valence electrons. The van der Waals surface area contributed by atoms with E-state index in [2.05, 4.69) is 52.9 Å². The van der Waals surface area contributed by atoms with Crippen LogP contribution in [0, 0.1) is 0 Å². The fourth-order valence-corrected chi connectivity index (χ4v) is 2.59. The predicted octanol–water partition coefficient (Wildman–Crippen LogP) is 4.17. The Morgan fingerprint density at radius 2 is 1.87 bits per heavy atom. The van der Waals surface area contributed by atoms with Crippen LogP contribution >= 0.6 is 15.9 Å². The fourth-order valence-electron chi connectivity index (χ4n) is 2.09. The highest BCUT2D eigenvalue weighted by Crippen LogP contribution is 2.31. The van der Waals surface area contributed by atoms with Gasteiger partial charge >= 0.3 is 0 Å². The second-order valence-corrected chi connectivity index (χ2v) is 5.41. The summed E-state index contributed by atoms with van der Waals surface area (Å²) >= 11 is 3.65. The first-order valence-corrected chi connectivity index (χ1v) is 6.52. The summed E-state index contributed by atoms with van der Waals surface area (Å²) in [5.74, 6) is 0.611. The van der Waals surface area contributed by atoms with E-state index in [9.17, 15) is 0 Å². The van der Waals surface area contributed by atoms with Gasteiger partial charge in [-0.15, -0.1) is 0 Å². The molecule has 1 aliphatic rings. The third-order valence-electron chi connectivity index (χ3n) is 3.08. The zero-order valence-electron chi connectivity index (χ0n) is 9.46. The van der Waals surface area contributed by atoms with Crippen molar-refractivity contribution in [2.75, 3.05) is 18.0 Å². The highest BCUT2D eigenvalue weighted by Gasteiger charge is 2.15. The maximum absolute atomic E-state index is 3.65. The lowest BCUT2D eigenvalue weighted by molar-refractivity contribution is 0.861. The molecule has 2 rings (SSSR count). The highest BCUT2D eigenvalue weighted by molar-refractivity contribution is 9.10. The molecule has 2 heteroatoms. The Morgan fingerprint density at radius 1 is 1.20 bits per heavy atom. The summed E-state index contributed by atoms with van der Waals surface area (Å²) in [6.07, 6.45) is 2.66. The molecule has 0 radical (unpaired) electrons. The van der Waals surface area contributed by atoms with E-state index in [1.165, 1.54) is 41.7 Å². The highest BCUT2D eigenvalue weighted by atomic mass is 79.9. The van der Waals surface area contributed by atoms with Crippen LogP contribution in [0.2, 0.25) is 0 Å². The van der Waals surface area contributed by atoms with Crippen molar-refractivity contribution in [3.05, 3.63) is 28.2 Å². The van der Waals surface area contributed by atoms with Crippen molar-refractivity contribution < 1.29 is 0 Å². The molecule has 15 heavy (non-hydrogen) atoms. The largest absolute Gasteiger partial charge is 0.371 e. The number of hydrogen-bond donors (Lipinski definition) is 0. The Bertz CT molecular complexity index is 340. The summed E-state index contributed by atoms with van der Waals surface area (Å²) in [4.78, 5) is 2.48. The van der Waals surface area contributed by atoms with Crippen LogP contribution in [-0.2, 0) is 0 Å². The number of nitrogens with zero attached hydrogens (tertiary/aromatic N) is 1. The Hall–Kier alpha value is -0.500. The van der Waals surface area contributed by atoms with Crippen molar-refractivity contribution in [1.82, 2.24) is 0 Å². The molecule has 0 unspecified atom stereocenters. The molecule has 0 amide bonds. The lowest BCUT2D eigenvalue weighted by Gasteiger charge is -2.21. The first-order valence-electron chi connectivity index (χ1n) is 5.73. The van der Waals surface area contributed by atoms with Gasteiger partial charge in [-0.05, 0) is 52.4 Å². The van der Waals surface area contributed by atoms with E-state index in [0.717, 1.165) is 0 Å². The molecule has 1 nitrogen and oxygen atoms in total. The van der Waals surface area contributed by atoms with E-state index in [4.69, 9.17) is 0 Å². The van der Waals surface area contributed by atoms with Gasteiger partial charge in [0.1, 0.15) is 0 Å². The molecule has 0 aromatic heterocycles. The molecule has 0 atom stereocenters. The average molecular weight is 268 g/mol. The van der Waals surface area contributed by atoms with E-state index in [1.807, 2.05) is 0 Å². The monoisotopic (exact) mass is 267 g/mol. The van der Waals surface area contributed by atoms with Crippen LogP contribution in [0.1, 0.15) is 38.2 Å². The van der Waals surface area contributed by atoms with Gasteiger partial charge in [-0.25, -0.2) is 0 Å². The molecule has 0 aliphatic carbocycles. The lowest BCUT2D eigenvalue weighted by Crippen LogP contribution is -2.18. The Morgan fingerprint density at radius 3 is 2.47 bits per heavy atom. The van der Waals surface area contributed by atoms with Crippen LogP contribution in [0.3, 0.4) is 0 Å². The van der Waals surface area contributed by atoms with Crippen molar-refractivity contribution in [2.45, 2.75) is 32.6 Å². The van der Waals surface area contributed by atoms with E-state index >= 15 is 0 Å².